The predicted molar refractivity (Wildman–Crippen MR) is 63.2 cm³/mol. The van der Waals surface area contributed by atoms with Crippen LogP contribution in [0.2, 0.25) is 0 Å². The number of carbonyl (C=O) groups is 1. The minimum atomic E-state index is -4.16. The third-order valence-corrected chi connectivity index (χ3v) is 3.91. The van der Waals surface area contributed by atoms with Gasteiger partial charge < -0.3 is 15.3 Å². The number of aromatic nitrogens is 2. The van der Waals surface area contributed by atoms with Crippen molar-refractivity contribution in [1.82, 2.24) is 14.9 Å². The Balaban J connectivity index is 3.08. The molecule has 1 aromatic rings. The quantitative estimate of drug-likeness (QED) is 0.425. The minimum Gasteiger partial charge on any atom is -0.476 e. The lowest BCUT2D eigenvalue weighted by molar-refractivity contribution is 0.00681. The lowest BCUT2D eigenvalue weighted by atomic mass is 10.1. The van der Waals surface area contributed by atoms with E-state index in [9.17, 15) is 18.3 Å². The van der Waals surface area contributed by atoms with E-state index in [1.54, 1.807) is 0 Å². The van der Waals surface area contributed by atoms with E-state index < -0.39 is 45.3 Å². The third kappa shape index (κ3) is 3.50. The SMILES string of the molecule is Cc1[nH]nc(C(=O)O)c1S(=O)(=O)NCC(C)(O)CO. The molecule has 0 radical (unpaired) electrons. The van der Waals surface area contributed by atoms with E-state index in [0.717, 1.165) is 0 Å². The zero-order chi connectivity index (χ0) is 14.8. The second kappa shape index (κ2) is 5.25. The van der Waals surface area contributed by atoms with Gasteiger partial charge in [-0.25, -0.2) is 17.9 Å². The van der Waals surface area contributed by atoms with Crippen LogP contribution in [0.15, 0.2) is 4.90 Å². The molecule has 1 unspecified atom stereocenters. The first-order valence-electron chi connectivity index (χ1n) is 5.22. The fourth-order valence-electron chi connectivity index (χ4n) is 1.27. The molecule has 0 amide bonds. The summed E-state index contributed by atoms with van der Waals surface area (Å²) in [4.78, 5) is 10.4. The molecule has 19 heavy (non-hydrogen) atoms. The van der Waals surface area contributed by atoms with Gasteiger partial charge in [0.1, 0.15) is 4.90 Å². The van der Waals surface area contributed by atoms with E-state index in [1.165, 1.54) is 13.8 Å². The fraction of sp³-hybridized carbons (Fsp3) is 0.556. The van der Waals surface area contributed by atoms with Crippen LogP contribution in [-0.2, 0) is 10.0 Å². The number of rotatable bonds is 6. The van der Waals surface area contributed by atoms with Gasteiger partial charge in [-0.2, -0.15) is 5.10 Å². The zero-order valence-electron chi connectivity index (χ0n) is 10.3. The molecule has 0 saturated heterocycles. The number of aromatic carboxylic acids is 1. The molecule has 1 heterocycles. The average Bonchev–Trinajstić information content (AvgIpc) is 2.70. The summed E-state index contributed by atoms with van der Waals surface area (Å²) < 4.78 is 26.0. The lowest BCUT2D eigenvalue weighted by Gasteiger charge is -2.20. The molecule has 5 N–H and O–H groups in total. The van der Waals surface area contributed by atoms with E-state index >= 15 is 0 Å². The van der Waals surface area contributed by atoms with E-state index in [-0.39, 0.29) is 5.69 Å². The van der Waals surface area contributed by atoms with Gasteiger partial charge in [-0.05, 0) is 13.8 Å². The fourth-order valence-corrected chi connectivity index (χ4v) is 2.75. The summed E-state index contributed by atoms with van der Waals surface area (Å²) in [5.41, 5.74) is -2.21. The summed E-state index contributed by atoms with van der Waals surface area (Å²) in [5, 5.41) is 32.9. The summed E-state index contributed by atoms with van der Waals surface area (Å²) >= 11 is 0. The van der Waals surface area contributed by atoms with Gasteiger partial charge in [0.2, 0.25) is 10.0 Å². The van der Waals surface area contributed by atoms with Crippen molar-refractivity contribution in [2.24, 2.45) is 0 Å². The highest BCUT2D eigenvalue weighted by atomic mass is 32.2. The van der Waals surface area contributed by atoms with Crippen molar-refractivity contribution < 1.29 is 28.5 Å². The Labute approximate surface area is 109 Å². The molecule has 9 nitrogen and oxygen atoms in total. The van der Waals surface area contributed by atoms with Crippen LogP contribution < -0.4 is 4.72 Å². The van der Waals surface area contributed by atoms with E-state index in [4.69, 9.17) is 10.2 Å². The molecule has 10 heteroatoms. The van der Waals surface area contributed by atoms with Crippen LogP contribution in [0.4, 0.5) is 0 Å². The number of nitrogens with one attached hydrogen (secondary N) is 2. The Bertz CT molecular complexity index is 577. The second-order valence-electron chi connectivity index (χ2n) is 4.31. The molecule has 0 aromatic carbocycles. The average molecular weight is 293 g/mol. The molecule has 0 bridgehead atoms. The van der Waals surface area contributed by atoms with Crippen molar-refractivity contribution in [2.45, 2.75) is 24.3 Å². The molecule has 1 atom stereocenters. The van der Waals surface area contributed by atoms with Gasteiger partial charge >= 0.3 is 5.97 Å². The summed E-state index contributed by atoms with van der Waals surface area (Å²) in [6.45, 7) is 1.48. The molecule has 0 saturated carbocycles. The molecular weight excluding hydrogens is 278 g/mol. The standard InChI is InChI=1S/C9H15N3O6S/c1-5-7(6(8(14)15)12-11-5)19(17,18)10-3-9(2,16)4-13/h10,13,16H,3-4H2,1-2H3,(H,11,12)(H,14,15). The molecule has 1 aromatic heterocycles. The third-order valence-electron chi connectivity index (χ3n) is 2.35. The topological polar surface area (TPSA) is 153 Å². The largest absolute Gasteiger partial charge is 0.476 e. The number of H-pyrrole nitrogens is 1. The first kappa shape index (κ1) is 15.6. The van der Waals surface area contributed by atoms with Gasteiger partial charge in [-0.3, -0.25) is 5.10 Å². The molecule has 0 fully saturated rings. The molecule has 1 rings (SSSR count). The summed E-state index contributed by atoms with van der Waals surface area (Å²) in [7, 11) is -4.16. The number of carboxylic acids is 1. The Kier molecular flexibility index (Phi) is 4.30. The summed E-state index contributed by atoms with van der Waals surface area (Å²) in [5.74, 6) is -1.49. The number of nitrogens with zero attached hydrogens (tertiary/aromatic N) is 1. The molecule has 0 aliphatic rings. The monoisotopic (exact) mass is 293 g/mol. The molecule has 0 aliphatic heterocycles. The number of aliphatic hydroxyl groups excluding tert-OH is 1. The number of carboxylic acid groups (broad SMARTS) is 1. The van der Waals surface area contributed by atoms with Gasteiger partial charge in [0.15, 0.2) is 5.69 Å². The van der Waals surface area contributed by atoms with E-state index in [1.807, 2.05) is 4.72 Å². The zero-order valence-corrected chi connectivity index (χ0v) is 11.2. The first-order chi connectivity index (χ1) is 8.60. The molecule has 108 valence electrons. The minimum absolute atomic E-state index is 0.0635. The maximum absolute atomic E-state index is 12.0. The molecule has 0 spiro atoms. The Hall–Kier alpha value is -1.49. The number of aromatic amines is 1. The summed E-state index contributed by atoms with van der Waals surface area (Å²) in [6, 6.07) is 0. The maximum Gasteiger partial charge on any atom is 0.357 e. The summed E-state index contributed by atoms with van der Waals surface area (Å²) in [6.07, 6.45) is 0. The molecular formula is C9H15N3O6S. The number of aryl methyl sites for hydroxylation is 1. The van der Waals surface area contributed by atoms with Gasteiger partial charge in [0.25, 0.3) is 0 Å². The smallest absolute Gasteiger partial charge is 0.357 e. The van der Waals surface area contributed by atoms with E-state index in [2.05, 4.69) is 10.2 Å². The maximum atomic E-state index is 12.0. The normalized spacial score (nSPS) is 15.2. The molecule has 0 aliphatic carbocycles. The highest BCUT2D eigenvalue weighted by molar-refractivity contribution is 7.89. The number of hydrogen-bond donors (Lipinski definition) is 5. The van der Waals surface area contributed by atoms with Crippen molar-refractivity contribution in [3.8, 4) is 0 Å². The van der Waals surface area contributed by atoms with Crippen LogP contribution >= 0.6 is 0 Å². The van der Waals surface area contributed by atoms with Gasteiger partial charge in [-0.15, -0.1) is 0 Å². The van der Waals surface area contributed by atoms with Crippen molar-refractivity contribution in [3.05, 3.63) is 11.4 Å². The highest BCUT2D eigenvalue weighted by Crippen LogP contribution is 2.17. The van der Waals surface area contributed by atoms with E-state index in [0.29, 0.717) is 0 Å². The Morgan fingerprint density at radius 2 is 2.11 bits per heavy atom. The predicted octanol–water partition coefficient (Wildman–Crippen LogP) is -1.56. The number of hydrogen-bond acceptors (Lipinski definition) is 6. The van der Waals surface area contributed by atoms with Crippen LogP contribution in [0.1, 0.15) is 23.1 Å². The van der Waals surface area contributed by atoms with Gasteiger partial charge in [0.05, 0.1) is 17.9 Å². The van der Waals surface area contributed by atoms with Crippen molar-refractivity contribution in [1.29, 1.82) is 0 Å². The van der Waals surface area contributed by atoms with Crippen LogP contribution in [0, 0.1) is 6.92 Å². The number of sulfonamides is 1. The van der Waals surface area contributed by atoms with Crippen molar-refractivity contribution in [3.63, 3.8) is 0 Å². The van der Waals surface area contributed by atoms with Crippen LogP contribution in [0.25, 0.3) is 0 Å². The first-order valence-corrected chi connectivity index (χ1v) is 6.70. The Morgan fingerprint density at radius 1 is 1.53 bits per heavy atom. The van der Waals surface area contributed by atoms with Gasteiger partial charge in [0, 0.05) is 6.54 Å². The lowest BCUT2D eigenvalue weighted by Crippen LogP contribution is -2.43. The van der Waals surface area contributed by atoms with Crippen molar-refractivity contribution in [2.75, 3.05) is 13.2 Å². The van der Waals surface area contributed by atoms with Crippen LogP contribution in [0.5, 0.6) is 0 Å². The van der Waals surface area contributed by atoms with Crippen molar-refractivity contribution >= 4 is 16.0 Å². The van der Waals surface area contributed by atoms with Crippen LogP contribution in [0.3, 0.4) is 0 Å². The second-order valence-corrected chi connectivity index (χ2v) is 6.01. The van der Waals surface area contributed by atoms with Gasteiger partial charge in [-0.1, -0.05) is 0 Å². The Morgan fingerprint density at radius 3 is 2.58 bits per heavy atom. The highest BCUT2D eigenvalue weighted by Gasteiger charge is 2.30. The van der Waals surface area contributed by atoms with Crippen LogP contribution in [-0.4, -0.2) is 58.7 Å². The number of aliphatic hydroxyl groups is 2.